The highest BCUT2D eigenvalue weighted by Crippen LogP contribution is 2.10. The third kappa shape index (κ3) is 4.81. The van der Waals surface area contributed by atoms with Gasteiger partial charge in [-0.3, -0.25) is 0 Å². The summed E-state index contributed by atoms with van der Waals surface area (Å²) in [6, 6.07) is 7.92. The van der Waals surface area contributed by atoms with E-state index in [4.69, 9.17) is 9.57 Å². The standard InChI is InChI=1S/C12H19NO2/c1-10(2)9-15-13-8-11-4-6-12(14-3)7-5-11/h4-7,10,13H,8-9H2,1-3H3. The molecule has 3 nitrogen and oxygen atoms in total. The Labute approximate surface area is 91.4 Å². The third-order valence-electron chi connectivity index (χ3n) is 1.95. The maximum atomic E-state index is 5.27. The van der Waals surface area contributed by atoms with E-state index in [9.17, 15) is 0 Å². The summed E-state index contributed by atoms with van der Waals surface area (Å²) in [6.07, 6.45) is 0. The van der Waals surface area contributed by atoms with Crippen LogP contribution in [0.1, 0.15) is 19.4 Å². The zero-order valence-electron chi connectivity index (χ0n) is 9.62. The van der Waals surface area contributed by atoms with Gasteiger partial charge in [-0.25, -0.2) is 0 Å². The minimum absolute atomic E-state index is 0.549. The summed E-state index contributed by atoms with van der Waals surface area (Å²) in [5.74, 6) is 1.43. The van der Waals surface area contributed by atoms with E-state index < -0.39 is 0 Å². The Hall–Kier alpha value is -1.06. The van der Waals surface area contributed by atoms with Crippen LogP contribution in [0.25, 0.3) is 0 Å². The van der Waals surface area contributed by atoms with Crippen molar-refractivity contribution in [2.24, 2.45) is 5.92 Å². The maximum Gasteiger partial charge on any atom is 0.118 e. The van der Waals surface area contributed by atoms with E-state index in [0.717, 1.165) is 18.9 Å². The second-order valence-corrected chi connectivity index (χ2v) is 3.87. The monoisotopic (exact) mass is 209 g/mol. The van der Waals surface area contributed by atoms with Crippen molar-refractivity contribution in [3.8, 4) is 5.75 Å². The number of hydroxylamine groups is 1. The van der Waals surface area contributed by atoms with Crippen molar-refractivity contribution in [3.05, 3.63) is 29.8 Å². The molecule has 1 rings (SSSR count). The molecule has 1 N–H and O–H groups in total. The molecule has 0 saturated heterocycles. The van der Waals surface area contributed by atoms with Gasteiger partial charge in [-0.15, -0.1) is 0 Å². The molecule has 0 heterocycles. The van der Waals surface area contributed by atoms with Crippen LogP contribution >= 0.6 is 0 Å². The summed E-state index contributed by atoms with van der Waals surface area (Å²) in [4.78, 5) is 5.27. The van der Waals surface area contributed by atoms with Crippen molar-refractivity contribution in [3.63, 3.8) is 0 Å². The molecule has 0 aliphatic heterocycles. The minimum Gasteiger partial charge on any atom is -0.497 e. The van der Waals surface area contributed by atoms with Crippen molar-refractivity contribution in [1.82, 2.24) is 5.48 Å². The first-order valence-corrected chi connectivity index (χ1v) is 5.20. The van der Waals surface area contributed by atoms with Crippen LogP contribution in [0.15, 0.2) is 24.3 Å². The topological polar surface area (TPSA) is 30.5 Å². The largest absolute Gasteiger partial charge is 0.497 e. The summed E-state index contributed by atoms with van der Waals surface area (Å²) >= 11 is 0. The molecule has 0 atom stereocenters. The van der Waals surface area contributed by atoms with E-state index in [1.54, 1.807) is 7.11 Å². The molecule has 0 fully saturated rings. The number of methoxy groups -OCH3 is 1. The Balaban J connectivity index is 2.25. The van der Waals surface area contributed by atoms with Crippen LogP contribution in [0.3, 0.4) is 0 Å². The Morgan fingerprint density at radius 3 is 2.40 bits per heavy atom. The molecule has 0 aliphatic rings. The minimum atomic E-state index is 0.549. The first kappa shape index (κ1) is 12.0. The molecule has 0 spiro atoms. The van der Waals surface area contributed by atoms with E-state index >= 15 is 0 Å². The predicted molar refractivity (Wildman–Crippen MR) is 60.6 cm³/mol. The highest BCUT2D eigenvalue weighted by Gasteiger charge is 1.95. The van der Waals surface area contributed by atoms with Gasteiger partial charge in [-0.1, -0.05) is 26.0 Å². The van der Waals surface area contributed by atoms with Gasteiger partial charge >= 0.3 is 0 Å². The second kappa shape index (κ2) is 6.43. The molecule has 1 aromatic carbocycles. The number of hydrogen-bond acceptors (Lipinski definition) is 3. The first-order chi connectivity index (χ1) is 7.22. The van der Waals surface area contributed by atoms with E-state index in [-0.39, 0.29) is 0 Å². The van der Waals surface area contributed by atoms with Gasteiger partial charge in [0, 0.05) is 6.54 Å². The smallest absolute Gasteiger partial charge is 0.118 e. The van der Waals surface area contributed by atoms with Crippen LogP contribution < -0.4 is 10.2 Å². The number of benzene rings is 1. The Bertz CT molecular complexity index is 269. The van der Waals surface area contributed by atoms with Gasteiger partial charge < -0.3 is 9.57 Å². The summed E-state index contributed by atoms with van der Waals surface area (Å²) in [6.45, 7) is 5.69. The second-order valence-electron chi connectivity index (χ2n) is 3.87. The normalized spacial score (nSPS) is 10.7. The Morgan fingerprint density at radius 1 is 1.20 bits per heavy atom. The average Bonchev–Trinajstić information content (AvgIpc) is 2.25. The number of nitrogens with one attached hydrogen (secondary N) is 1. The van der Waals surface area contributed by atoms with Gasteiger partial charge in [0.15, 0.2) is 0 Å². The number of hydrogen-bond donors (Lipinski definition) is 1. The predicted octanol–water partition coefficient (Wildman–Crippen LogP) is 2.37. The molecule has 0 aliphatic carbocycles. The zero-order valence-corrected chi connectivity index (χ0v) is 9.62. The lowest BCUT2D eigenvalue weighted by Crippen LogP contribution is -2.17. The van der Waals surface area contributed by atoms with Crippen LogP contribution in [0.4, 0.5) is 0 Å². The molecule has 0 amide bonds. The van der Waals surface area contributed by atoms with Crippen LogP contribution in [0.2, 0.25) is 0 Å². The van der Waals surface area contributed by atoms with Crippen LogP contribution in [-0.4, -0.2) is 13.7 Å². The van der Waals surface area contributed by atoms with Crippen molar-refractivity contribution < 1.29 is 9.57 Å². The van der Waals surface area contributed by atoms with Crippen LogP contribution in [0, 0.1) is 5.92 Å². The SMILES string of the molecule is COc1ccc(CNOCC(C)C)cc1. The maximum absolute atomic E-state index is 5.27. The molecule has 0 radical (unpaired) electrons. The third-order valence-corrected chi connectivity index (χ3v) is 1.95. The summed E-state index contributed by atoms with van der Waals surface area (Å²) in [5.41, 5.74) is 4.11. The highest BCUT2D eigenvalue weighted by molar-refractivity contribution is 5.26. The van der Waals surface area contributed by atoms with Crippen molar-refractivity contribution >= 4 is 0 Å². The lowest BCUT2D eigenvalue weighted by molar-refractivity contribution is 0.0196. The summed E-state index contributed by atoms with van der Waals surface area (Å²) < 4.78 is 5.07. The fraction of sp³-hybridized carbons (Fsp3) is 0.500. The fourth-order valence-electron chi connectivity index (χ4n) is 1.10. The van der Waals surface area contributed by atoms with Gasteiger partial charge in [0.2, 0.25) is 0 Å². The molecular formula is C12H19NO2. The quantitative estimate of drug-likeness (QED) is 0.576. The lowest BCUT2D eigenvalue weighted by Gasteiger charge is -2.08. The van der Waals surface area contributed by atoms with Gasteiger partial charge in [0.25, 0.3) is 0 Å². The molecule has 3 heteroatoms. The van der Waals surface area contributed by atoms with E-state index in [2.05, 4.69) is 19.3 Å². The lowest BCUT2D eigenvalue weighted by atomic mass is 10.2. The Kier molecular flexibility index (Phi) is 5.15. The molecule has 15 heavy (non-hydrogen) atoms. The van der Waals surface area contributed by atoms with Crippen molar-refractivity contribution in [1.29, 1.82) is 0 Å². The van der Waals surface area contributed by atoms with E-state index in [1.165, 1.54) is 5.56 Å². The first-order valence-electron chi connectivity index (χ1n) is 5.20. The summed E-state index contributed by atoms with van der Waals surface area (Å²) in [7, 11) is 1.67. The summed E-state index contributed by atoms with van der Waals surface area (Å²) in [5, 5.41) is 0. The van der Waals surface area contributed by atoms with Crippen LogP contribution in [0.5, 0.6) is 5.75 Å². The molecule has 0 bridgehead atoms. The molecule has 0 unspecified atom stereocenters. The van der Waals surface area contributed by atoms with Gasteiger partial charge in [0.1, 0.15) is 5.75 Å². The van der Waals surface area contributed by atoms with Gasteiger partial charge in [0.05, 0.1) is 13.7 Å². The molecule has 0 saturated carbocycles. The van der Waals surface area contributed by atoms with E-state index in [1.807, 2.05) is 24.3 Å². The van der Waals surface area contributed by atoms with Crippen molar-refractivity contribution in [2.75, 3.05) is 13.7 Å². The fourth-order valence-corrected chi connectivity index (χ4v) is 1.10. The molecule has 0 aromatic heterocycles. The number of ether oxygens (including phenoxy) is 1. The zero-order chi connectivity index (χ0) is 11.1. The van der Waals surface area contributed by atoms with Gasteiger partial charge in [-0.2, -0.15) is 5.48 Å². The molecule has 1 aromatic rings. The van der Waals surface area contributed by atoms with E-state index in [0.29, 0.717) is 5.92 Å². The molecule has 84 valence electrons. The van der Waals surface area contributed by atoms with Gasteiger partial charge in [-0.05, 0) is 23.6 Å². The number of rotatable bonds is 6. The molecular weight excluding hydrogens is 190 g/mol. The van der Waals surface area contributed by atoms with Crippen molar-refractivity contribution in [2.45, 2.75) is 20.4 Å². The van der Waals surface area contributed by atoms with Crippen LogP contribution in [-0.2, 0) is 11.4 Å². The average molecular weight is 209 g/mol. The highest BCUT2D eigenvalue weighted by atomic mass is 16.6. The Morgan fingerprint density at radius 2 is 1.87 bits per heavy atom.